The van der Waals surface area contributed by atoms with Gasteiger partial charge in [0.15, 0.2) is 0 Å². The summed E-state index contributed by atoms with van der Waals surface area (Å²) < 4.78 is 61.4. The molecule has 2 N–H and O–H groups in total. The highest BCUT2D eigenvalue weighted by Crippen LogP contribution is 2.44. The number of fused-ring (bicyclic) bond motifs is 1. The summed E-state index contributed by atoms with van der Waals surface area (Å²) in [4.78, 5) is 4.25. The lowest BCUT2D eigenvalue weighted by atomic mass is 10.0. The predicted molar refractivity (Wildman–Crippen MR) is 88.1 cm³/mol. The predicted octanol–water partition coefficient (Wildman–Crippen LogP) is 3.63. The van der Waals surface area contributed by atoms with Gasteiger partial charge in [0.2, 0.25) is 0 Å². The van der Waals surface area contributed by atoms with E-state index in [1.807, 2.05) is 32.0 Å². The van der Waals surface area contributed by atoms with Gasteiger partial charge in [0.05, 0.1) is 6.54 Å². The molecule has 1 aliphatic heterocycles. The third-order valence-corrected chi connectivity index (χ3v) is 4.05. The Hall–Kier alpha value is -2.19. The van der Waals surface area contributed by atoms with Crippen molar-refractivity contribution in [3.8, 4) is 0 Å². The Labute approximate surface area is 148 Å². The molecule has 2 unspecified atom stereocenters. The number of amidine groups is 1. The number of aryl methyl sites for hydroxylation is 2. The molecular formula is C18H18F4N2O2. The Bertz CT molecular complexity index is 782. The van der Waals surface area contributed by atoms with Crippen LogP contribution in [0.4, 0.5) is 17.6 Å². The molecule has 0 radical (unpaired) electrons. The highest BCUT2D eigenvalue weighted by Gasteiger charge is 2.65. The number of aliphatic imine (C=N–C) groups is 1. The minimum absolute atomic E-state index is 0.100. The molecule has 0 aromatic heterocycles. The third kappa shape index (κ3) is 3.66. The number of benzene rings is 1. The molecule has 1 aromatic carbocycles. The first-order chi connectivity index (χ1) is 12.1. The van der Waals surface area contributed by atoms with Crippen LogP contribution in [0.5, 0.6) is 0 Å². The van der Waals surface area contributed by atoms with Gasteiger partial charge in [-0.2, -0.15) is 17.6 Å². The molecule has 1 saturated heterocycles. The lowest BCUT2D eigenvalue weighted by molar-refractivity contribution is -0.478. The van der Waals surface area contributed by atoms with Gasteiger partial charge in [0, 0.05) is 5.57 Å². The fraction of sp³-hybridized carbons (Fsp3) is 0.389. The molecule has 0 bridgehead atoms. The van der Waals surface area contributed by atoms with Crippen LogP contribution in [0.25, 0.3) is 0 Å². The summed E-state index contributed by atoms with van der Waals surface area (Å²) in [5.41, 5.74) is 9.36. The van der Waals surface area contributed by atoms with Gasteiger partial charge in [-0.1, -0.05) is 41.5 Å². The highest BCUT2D eigenvalue weighted by molar-refractivity contribution is 5.99. The van der Waals surface area contributed by atoms with E-state index >= 15 is 0 Å². The van der Waals surface area contributed by atoms with Crippen molar-refractivity contribution in [2.45, 2.75) is 44.8 Å². The maximum absolute atomic E-state index is 13.3. The fourth-order valence-electron chi connectivity index (χ4n) is 2.92. The molecule has 0 spiro atoms. The summed E-state index contributed by atoms with van der Waals surface area (Å²) in [5.74, 6) is 0.100. The fourth-order valence-corrected chi connectivity index (χ4v) is 2.92. The van der Waals surface area contributed by atoms with Crippen molar-refractivity contribution in [1.29, 1.82) is 0 Å². The minimum atomic E-state index is -4.72. The first-order valence-electron chi connectivity index (χ1n) is 7.96. The van der Waals surface area contributed by atoms with Crippen molar-refractivity contribution in [2.75, 3.05) is 0 Å². The summed E-state index contributed by atoms with van der Waals surface area (Å²) in [5, 5.41) is 0. The van der Waals surface area contributed by atoms with Crippen molar-refractivity contribution in [3.63, 3.8) is 0 Å². The smallest absolute Gasteiger partial charge is 0.384 e. The van der Waals surface area contributed by atoms with Crippen LogP contribution in [0.2, 0.25) is 0 Å². The first-order valence-corrected chi connectivity index (χ1v) is 7.96. The van der Waals surface area contributed by atoms with E-state index < -0.39 is 24.4 Å². The van der Waals surface area contributed by atoms with Gasteiger partial charge in [-0.05, 0) is 25.5 Å². The zero-order chi connectivity index (χ0) is 19.1. The van der Waals surface area contributed by atoms with Crippen LogP contribution in [0, 0.1) is 13.8 Å². The Morgan fingerprint density at radius 2 is 1.62 bits per heavy atom. The van der Waals surface area contributed by atoms with Gasteiger partial charge in [-0.15, -0.1) is 0 Å². The number of ether oxygens (including phenoxy) is 2. The SMILES string of the molecule is Cc1cc(C)cc(CN=C(N)C2=CC3OC(F)(F)C(F)(F)OC3C=C2)c1. The number of hydrogen-bond donors (Lipinski definition) is 1. The van der Waals surface area contributed by atoms with Crippen LogP contribution in [-0.4, -0.2) is 30.3 Å². The molecule has 3 rings (SSSR count). The first kappa shape index (κ1) is 18.6. The van der Waals surface area contributed by atoms with Crippen LogP contribution < -0.4 is 5.73 Å². The van der Waals surface area contributed by atoms with Crippen LogP contribution in [0.3, 0.4) is 0 Å². The molecular weight excluding hydrogens is 352 g/mol. The van der Waals surface area contributed by atoms with Crippen molar-refractivity contribution < 1.29 is 27.0 Å². The molecule has 0 amide bonds. The quantitative estimate of drug-likeness (QED) is 0.502. The Morgan fingerprint density at radius 3 is 2.23 bits per heavy atom. The standard InChI is InChI=1S/C18H18F4N2O2/c1-10-5-11(2)7-12(6-10)9-24-16(23)13-3-4-14-15(8-13)26-18(21,22)17(19,20)25-14/h3-8,14-15H,9H2,1-2H3,(H2,23,24). The Balaban J connectivity index is 1.76. The van der Waals surface area contributed by atoms with Crippen molar-refractivity contribution in [3.05, 3.63) is 58.7 Å². The van der Waals surface area contributed by atoms with E-state index in [0.29, 0.717) is 12.1 Å². The second-order valence-corrected chi connectivity index (χ2v) is 6.38. The largest absolute Gasteiger partial charge is 0.449 e. The monoisotopic (exact) mass is 370 g/mol. The van der Waals surface area contributed by atoms with Gasteiger partial charge in [0.1, 0.15) is 18.0 Å². The van der Waals surface area contributed by atoms with Gasteiger partial charge in [0.25, 0.3) is 0 Å². The maximum atomic E-state index is 13.3. The molecule has 0 saturated carbocycles. The lowest BCUT2D eigenvalue weighted by Crippen LogP contribution is -2.57. The summed E-state index contributed by atoms with van der Waals surface area (Å²) in [6.45, 7) is 4.23. The van der Waals surface area contributed by atoms with E-state index in [4.69, 9.17) is 5.73 Å². The minimum Gasteiger partial charge on any atom is -0.384 e. The molecule has 2 aliphatic rings. The van der Waals surface area contributed by atoms with E-state index in [-0.39, 0.29) is 5.84 Å². The van der Waals surface area contributed by atoms with E-state index in [2.05, 4.69) is 14.5 Å². The van der Waals surface area contributed by atoms with Crippen LogP contribution in [-0.2, 0) is 16.0 Å². The van der Waals surface area contributed by atoms with Crippen molar-refractivity contribution in [2.24, 2.45) is 10.7 Å². The molecule has 2 atom stereocenters. The molecule has 26 heavy (non-hydrogen) atoms. The number of rotatable bonds is 3. The zero-order valence-electron chi connectivity index (χ0n) is 14.2. The average Bonchev–Trinajstić information content (AvgIpc) is 2.52. The number of nitrogens with zero attached hydrogens (tertiary/aromatic N) is 1. The normalized spacial score (nSPS) is 27.0. The highest BCUT2D eigenvalue weighted by atomic mass is 19.3. The molecule has 1 aliphatic carbocycles. The van der Waals surface area contributed by atoms with E-state index in [0.717, 1.165) is 16.7 Å². The molecule has 4 nitrogen and oxygen atoms in total. The van der Waals surface area contributed by atoms with Crippen LogP contribution in [0.15, 0.2) is 47.0 Å². The maximum Gasteiger partial charge on any atom is 0.449 e. The van der Waals surface area contributed by atoms with Gasteiger partial charge in [-0.25, -0.2) is 0 Å². The summed E-state index contributed by atoms with van der Waals surface area (Å²) >= 11 is 0. The second-order valence-electron chi connectivity index (χ2n) is 6.38. The zero-order valence-corrected chi connectivity index (χ0v) is 14.2. The summed E-state index contributed by atoms with van der Waals surface area (Å²) in [6, 6.07) is 5.96. The van der Waals surface area contributed by atoms with Crippen LogP contribution >= 0.6 is 0 Å². The second kappa shape index (κ2) is 6.51. The van der Waals surface area contributed by atoms with Gasteiger partial charge >= 0.3 is 12.2 Å². The Kier molecular flexibility index (Phi) is 4.66. The lowest BCUT2D eigenvalue weighted by Gasteiger charge is -2.39. The van der Waals surface area contributed by atoms with E-state index in [9.17, 15) is 17.6 Å². The average molecular weight is 370 g/mol. The number of alkyl halides is 4. The number of halogens is 4. The van der Waals surface area contributed by atoms with Crippen molar-refractivity contribution in [1.82, 2.24) is 0 Å². The third-order valence-electron chi connectivity index (χ3n) is 4.05. The van der Waals surface area contributed by atoms with Gasteiger partial charge < -0.3 is 15.2 Å². The van der Waals surface area contributed by atoms with E-state index in [1.54, 1.807) is 0 Å². The van der Waals surface area contributed by atoms with Crippen molar-refractivity contribution >= 4 is 5.84 Å². The molecule has 1 fully saturated rings. The number of nitrogens with two attached hydrogens (primary N) is 1. The topological polar surface area (TPSA) is 56.8 Å². The summed E-state index contributed by atoms with van der Waals surface area (Å²) in [6.07, 6.45) is -8.26. The van der Waals surface area contributed by atoms with E-state index in [1.165, 1.54) is 18.2 Å². The van der Waals surface area contributed by atoms with Gasteiger partial charge in [-0.3, -0.25) is 4.99 Å². The Morgan fingerprint density at radius 1 is 1.04 bits per heavy atom. The molecule has 8 heteroatoms. The molecule has 1 heterocycles. The molecule has 140 valence electrons. The number of hydrogen-bond acceptors (Lipinski definition) is 3. The summed E-state index contributed by atoms with van der Waals surface area (Å²) in [7, 11) is 0. The molecule has 1 aromatic rings. The van der Waals surface area contributed by atoms with Crippen LogP contribution in [0.1, 0.15) is 16.7 Å².